The first kappa shape index (κ1) is 11.0. The Morgan fingerprint density at radius 3 is 2.65 bits per heavy atom. The van der Waals surface area contributed by atoms with E-state index in [4.69, 9.17) is 0 Å². The van der Waals surface area contributed by atoms with Crippen LogP contribution in [-0.4, -0.2) is 34.4 Å². The van der Waals surface area contributed by atoms with Gasteiger partial charge in [-0.3, -0.25) is 4.79 Å². The fourth-order valence-corrected chi connectivity index (χ4v) is 1.27. The minimum atomic E-state index is -0.541. The van der Waals surface area contributed by atoms with Crippen molar-refractivity contribution in [2.75, 3.05) is 7.11 Å². The van der Waals surface area contributed by atoms with Crippen LogP contribution in [0.1, 0.15) is 20.8 Å². The van der Waals surface area contributed by atoms with Crippen LogP contribution in [-0.2, 0) is 4.74 Å². The summed E-state index contributed by atoms with van der Waals surface area (Å²) in [5.74, 6) is -0.541. The lowest BCUT2D eigenvalue weighted by atomic mass is 10.2. The zero-order valence-corrected chi connectivity index (χ0v) is 9.03. The summed E-state index contributed by atoms with van der Waals surface area (Å²) in [6.07, 6.45) is 2.07. The van der Waals surface area contributed by atoms with Crippen LogP contribution in [0.3, 0.4) is 0 Å². The Kier molecular flexibility index (Phi) is 2.95. The van der Waals surface area contributed by atoms with Crippen LogP contribution < -0.4 is 0 Å². The first-order valence-electron chi connectivity index (χ1n) is 4.81. The monoisotopic (exact) mass is 231 g/mol. The molecule has 0 aliphatic carbocycles. The third kappa shape index (κ3) is 2.20. The Balaban J connectivity index is 2.30. The Morgan fingerprint density at radius 1 is 1.35 bits per heavy atom. The molecule has 0 unspecified atom stereocenters. The van der Waals surface area contributed by atoms with Crippen molar-refractivity contribution in [3.05, 3.63) is 41.7 Å². The summed E-state index contributed by atoms with van der Waals surface area (Å²) < 4.78 is 4.52. The molecule has 0 fully saturated rings. The lowest BCUT2D eigenvalue weighted by molar-refractivity contribution is 0.0593. The van der Waals surface area contributed by atoms with Gasteiger partial charge in [-0.1, -0.05) is 0 Å². The fraction of sp³-hybridized carbons (Fsp3) is 0.0909. The van der Waals surface area contributed by atoms with Gasteiger partial charge in [0.1, 0.15) is 6.29 Å². The van der Waals surface area contributed by atoms with Gasteiger partial charge in [0, 0.05) is 5.56 Å². The van der Waals surface area contributed by atoms with E-state index in [0.717, 1.165) is 6.29 Å². The molecule has 0 N–H and O–H groups in total. The molecule has 6 nitrogen and oxygen atoms in total. The molecule has 2 aromatic rings. The van der Waals surface area contributed by atoms with Gasteiger partial charge in [0.2, 0.25) is 0 Å². The van der Waals surface area contributed by atoms with Gasteiger partial charge in [-0.25, -0.2) is 4.79 Å². The number of carbonyl (C=O) groups excluding carboxylic acids is 2. The number of methoxy groups -OCH3 is 1. The highest BCUT2D eigenvalue weighted by molar-refractivity contribution is 5.86. The standard InChI is InChI=1S/C11H9N3O3/c1-17-11(16)10-6-12-14(13-10)9-4-2-8(7-15)3-5-9/h2-7H,1H3. The van der Waals surface area contributed by atoms with Crippen LogP contribution in [0.15, 0.2) is 30.5 Å². The predicted octanol–water partition coefficient (Wildman–Crippen LogP) is 0.866. The number of aldehydes is 1. The molecule has 2 rings (SSSR count). The molecule has 17 heavy (non-hydrogen) atoms. The third-order valence-electron chi connectivity index (χ3n) is 2.15. The maximum absolute atomic E-state index is 11.2. The molecule has 0 spiro atoms. The van der Waals surface area contributed by atoms with Crippen molar-refractivity contribution in [2.24, 2.45) is 0 Å². The second-order valence-corrected chi connectivity index (χ2v) is 3.22. The van der Waals surface area contributed by atoms with Crippen LogP contribution in [0.2, 0.25) is 0 Å². The summed E-state index contributed by atoms with van der Waals surface area (Å²) in [7, 11) is 1.28. The van der Waals surface area contributed by atoms with Gasteiger partial charge in [-0.15, -0.1) is 5.10 Å². The van der Waals surface area contributed by atoms with Gasteiger partial charge in [0.05, 0.1) is 19.0 Å². The summed E-state index contributed by atoms with van der Waals surface area (Å²) in [6, 6.07) is 6.66. The Hall–Kier alpha value is -2.50. The minimum Gasteiger partial charge on any atom is -0.464 e. The SMILES string of the molecule is COC(=O)c1cnn(-c2ccc(C=O)cc2)n1. The molecule has 0 aliphatic heterocycles. The molecular weight excluding hydrogens is 222 g/mol. The second-order valence-electron chi connectivity index (χ2n) is 3.22. The molecule has 6 heteroatoms. The maximum atomic E-state index is 11.2. The van der Waals surface area contributed by atoms with E-state index < -0.39 is 5.97 Å². The number of carbonyl (C=O) groups is 2. The molecular formula is C11H9N3O3. The van der Waals surface area contributed by atoms with Crippen molar-refractivity contribution in [3.63, 3.8) is 0 Å². The van der Waals surface area contributed by atoms with E-state index in [9.17, 15) is 9.59 Å². The third-order valence-corrected chi connectivity index (χ3v) is 2.15. The molecule has 0 atom stereocenters. The fourth-order valence-electron chi connectivity index (χ4n) is 1.27. The lowest BCUT2D eigenvalue weighted by Gasteiger charge is -1.98. The average Bonchev–Trinajstić information content (AvgIpc) is 2.87. The first-order chi connectivity index (χ1) is 8.24. The Morgan fingerprint density at radius 2 is 2.06 bits per heavy atom. The molecule has 1 heterocycles. The maximum Gasteiger partial charge on any atom is 0.360 e. The number of aromatic nitrogens is 3. The predicted molar refractivity (Wildman–Crippen MR) is 58.1 cm³/mol. The number of esters is 1. The van der Waals surface area contributed by atoms with Crippen LogP contribution in [0.4, 0.5) is 0 Å². The van der Waals surface area contributed by atoms with Crippen molar-refractivity contribution >= 4 is 12.3 Å². The molecule has 0 saturated carbocycles. The number of hydrogen-bond donors (Lipinski definition) is 0. The topological polar surface area (TPSA) is 74.1 Å². The summed E-state index contributed by atoms with van der Waals surface area (Å²) in [4.78, 5) is 23.0. The minimum absolute atomic E-state index is 0.131. The average molecular weight is 231 g/mol. The van der Waals surface area contributed by atoms with Gasteiger partial charge in [0.15, 0.2) is 5.69 Å². The Bertz CT molecular complexity index is 545. The van der Waals surface area contributed by atoms with Gasteiger partial charge >= 0.3 is 5.97 Å². The van der Waals surface area contributed by atoms with E-state index in [-0.39, 0.29) is 5.69 Å². The van der Waals surface area contributed by atoms with E-state index in [2.05, 4.69) is 14.9 Å². The second kappa shape index (κ2) is 4.56. The molecule has 0 bridgehead atoms. The van der Waals surface area contributed by atoms with Crippen molar-refractivity contribution < 1.29 is 14.3 Å². The highest BCUT2D eigenvalue weighted by Crippen LogP contribution is 2.07. The largest absolute Gasteiger partial charge is 0.464 e. The Labute approximate surface area is 96.8 Å². The van der Waals surface area contributed by atoms with Crippen molar-refractivity contribution in [3.8, 4) is 5.69 Å². The molecule has 0 radical (unpaired) electrons. The zero-order valence-electron chi connectivity index (χ0n) is 9.03. The van der Waals surface area contributed by atoms with Crippen LogP contribution in [0, 0.1) is 0 Å². The summed E-state index contributed by atoms with van der Waals surface area (Å²) in [5.41, 5.74) is 1.35. The molecule has 0 aliphatic rings. The normalized spacial score (nSPS) is 9.94. The van der Waals surface area contributed by atoms with Crippen molar-refractivity contribution in [2.45, 2.75) is 0 Å². The molecule has 0 saturated heterocycles. The molecule has 1 aromatic carbocycles. The van der Waals surface area contributed by atoms with E-state index in [1.807, 2.05) is 0 Å². The molecule has 1 aromatic heterocycles. The van der Waals surface area contributed by atoms with Crippen molar-refractivity contribution in [1.29, 1.82) is 0 Å². The number of benzene rings is 1. The van der Waals surface area contributed by atoms with E-state index >= 15 is 0 Å². The van der Waals surface area contributed by atoms with Gasteiger partial charge in [-0.2, -0.15) is 9.90 Å². The highest BCUT2D eigenvalue weighted by Gasteiger charge is 2.10. The number of hydrogen-bond acceptors (Lipinski definition) is 5. The quantitative estimate of drug-likeness (QED) is 0.578. The van der Waals surface area contributed by atoms with Gasteiger partial charge in [-0.05, 0) is 24.3 Å². The van der Waals surface area contributed by atoms with Gasteiger partial charge in [0.25, 0.3) is 0 Å². The van der Waals surface area contributed by atoms with E-state index in [0.29, 0.717) is 11.3 Å². The van der Waals surface area contributed by atoms with Crippen LogP contribution in [0.25, 0.3) is 5.69 Å². The van der Waals surface area contributed by atoms with E-state index in [1.165, 1.54) is 18.1 Å². The van der Waals surface area contributed by atoms with Gasteiger partial charge < -0.3 is 4.74 Å². The zero-order chi connectivity index (χ0) is 12.3. The molecule has 0 amide bonds. The smallest absolute Gasteiger partial charge is 0.360 e. The number of ether oxygens (including phenoxy) is 1. The summed E-state index contributed by atoms with van der Waals surface area (Å²) in [6.45, 7) is 0. The summed E-state index contributed by atoms with van der Waals surface area (Å²) >= 11 is 0. The summed E-state index contributed by atoms with van der Waals surface area (Å²) in [5, 5.41) is 7.88. The van der Waals surface area contributed by atoms with Crippen LogP contribution in [0.5, 0.6) is 0 Å². The first-order valence-corrected chi connectivity index (χ1v) is 4.81. The number of nitrogens with zero attached hydrogens (tertiary/aromatic N) is 3. The molecule has 86 valence electrons. The van der Waals surface area contributed by atoms with E-state index in [1.54, 1.807) is 24.3 Å². The lowest BCUT2D eigenvalue weighted by Crippen LogP contribution is -2.04. The van der Waals surface area contributed by atoms with Crippen molar-refractivity contribution in [1.82, 2.24) is 15.0 Å². The highest BCUT2D eigenvalue weighted by atomic mass is 16.5. The van der Waals surface area contributed by atoms with Crippen LogP contribution >= 0.6 is 0 Å². The number of rotatable bonds is 3.